The second-order valence-electron chi connectivity index (χ2n) is 6.00. The molecule has 0 bridgehead atoms. The largest absolute Gasteiger partial charge is 0.504 e. The Morgan fingerprint density at radius 3 is 2.96 bits per heavy atom. The number of phenols is 1. The molecule has 138 valence electrons. The fourth-order valence-electron chi connectivity index (χ4n) is 3.05. The number of phenolic OH excluding ortho intramolecular Hbond substituents is 1. The van der Waals surface area contributed by atoms with E-state index < -0.39 is 0 Å². The fraction of sp³-hybridized carbons (Fsp3) is 0.158. The minimum atomic E-state index is -0.358. The standard InChI is InChI=1S/C19H16FN3O3S/c1-26-15-7-11(5-6-14(15)24)18-17-19(22-16(25)9-27-18)21-10-23(17)13-4-2-3-12(20)8-13/h2-8,10,18,24H,9H2,1H3,(H,22,25). The third-order valence-electron chi connectivity index (χ3n) is 4.28. The third kappa shape index (κ3) is 3.23. The van der Waals surface area contributed by atoms with E-state index in [9.17, 15) is 14.3 Å². The highest BCUT2D eigenvalue weighted by Gasteiger charge is 2.29. The van der Waals surface area contributed by atoms with Crippen molar-refractivity contribution in [1.29, 1.82) is 0 Å². The smallest absolute Gasteiger partial charge is 0.235 e. The van der Waals surface area contributed by atoms with Gasteiger partial charge in [0, 0.05) is 5.69 Å². The van der Waals surface area contributed by atoms with E-state index >= 15 is 0 Å². The molecule has 2 heterocycles. The van der Waals surface area contributed by atoms with Crippen molar-refractivity contribution < 1.29 is 19.0 Å². The molecular formula is C19H16FN3O3S. The van der Waals surface area contributed by atoms with Gasteiger partial charge in [0.1, 0.15) is 12.1 Å². The van der Waals surface area contributed by atoms with Crippen LogP contribution in [0.5, 0.6) is 11.5 Å². The average molecular weight is 385 g/mol. The molecule has 0 saturated carbocycles. The number of thioether (sulfide) groups is 1. The number of imidazole rings is 1. The number of halogens is 1. The second-order valence-corrected chi connectivity index (χ2v) is 7.09. The number of ether oxygens (including phenoxy) is 1. The van der Waals surface area contributed by atoms with Crippen LogP contribution in [0.15, 0.2) is 48.8 Å². The van der Waals surface area contributed by atoms with E-state index in [4.69, 9.17) is 4.74 Å². The first-order chi connectivity index (χ1) is 13.1. The summed E-state index contributed by atoms with van der Waals surface area (Å²) in [6, 6.07) is 11.2. The van der Waals surface area contributed by atoms with E-state index in [2.05, 4.69) is 10.3 Å². The summed E-state index contributed by atoms with van der Waals surface area (Å²) in [5, 5.41) is 12.4. The van der Waals surface area contributed by atoms with Gasteiger partial charge in [-0.25, -0.2) is 9.37 Å². The van der Waals surface area contributed by atoms with Crippen LogP contribution < -0.4 is 10.1 Å². The maximum atomic E-state index is 13.7. The van der Waals surface area contributed by atoms with Gasteiger partial charge in [-0.3, -0.25) is 9.36 Å². The van der Waals surface area contributed by atoms with Crippen LogP contribution in [0, 0.1) is 5.82 Å². The molecule has 1 atom stereocenters. The Bertz CT molecular complexity index is 1020. The summed E-state index contributed by atoms with van der Waals surface area (Å²) in [7, 11) is 1.48. The first kappa shape index (κ1) is 17.4. The zero-order chi connectivity index (χ0) is 19.0. The highest BCUT2D eigenvalue weighted by molar-refractivity contribution is 8.00. The molecule has 0 fully saturated rings. The number of nitrogens with one attached hydrogen (secondary N) is 1. The molecule has 0 aliphatic carbocycles. The maximum absolute atomic E-state index is 13.7. The van der Waals surface area contributed by atoms with Crippen molar-refractivity contribution in [2.24, 2.45) is 0 Å². The zero-order valence-electron chi connectivity index (χ0n) is 14.3. The predicted molar refractivity (Wildman–Crippen MR) is 101 cm³/mol. The summed E-state index contributed by atoms with van der Waals surface area (Å²) < 4.78 is 20.7. The topological polar surface area (TPSA) is 76.4 Å². The number of anilines is 1. The van der Waals surface area contributed by atoms with Crippen molar-refractivity contribution in [1.82, 2.24) is 9.55 Å². The van der Waals surface area contributed by atoms with E-state index in [1.165, 1.54) is 31.0 Å². The zero-order valence-corrected chi connectivity index (χ0v) is 15.2. The molecule has 0 spiro atoms. The van der Waals surface area contributed by atoms with Crippen LogP contribution in [-0.4, -0.2) is 33.4 Å². The van der Waals surface area contributed by atoms with Crippen molar-refractivity contribution in [2.45, 2.75) is 5.25 Å². The molecule has 1 aliphatic rings. The molecule has 1 aliphatic heterocycles. The lowest BCUT2D eigenvalue weighted by atomic mass is 10.1. The molecule has 2 aromatic carbocycles. The van der Waals surface area contributed by atoms with Crippen molar-refractivity contribution in [2.75, 3.05) is 18.2 Å². The second kappa shape index (κ2) is 6.96. The van der Waals surface area contributed by atoms with Gasteiger partial charge in [0.2, 0.25) is 5.91 Å². The predicted octanol–water partition coefficient (Wildman–Crippen LogP) is 3.50. The van der Waals surface area contributed by atoms with E-state index in [0.29, 0.717) is 17.3 Å². The summed E-state index contributed by atoms with van der Waals surface area (Å²) in [6.07, 6.45) is 1.57. The number of aromatic hydroxyl groups is 1. The van der Waals surface area contributed by atoms with Crippen LogP contribution in [0.3, 0.4) is 0 Å². The summed E-state index contributed by atoms with van der Waals surface area (Å²) in [6.45, 7) is 0. The summed E-state index contributed by atoms with van der Waals surface area (Å²) in [4.78, 5) is 16.4. The van der Waals surface area contributed by atoms with Crippen LogP contribution in [0.1, 0.15) is 16.5 Å². The van der Waals surface area contributed by atoms with E-state index in [1.54, 1.807) is 41.2 Å². The summed E-state index contributed by atoms with van der Waals surface area (Å²) >= 11 is 1.43. The molecular weight excluding hydrogens is 369 g/mol. The van der Waals surface area contributed by atoms with Crippen molar-refractivity contribution in [3.63, 3.8) is 0 Å². The molecule has 8 heteroatoms. The minimum Gasteiger partial charge on any atom is -0.504 e. The van der Waals surface area contributed by atoms with Gasteiger partial charge in [-0.15, -0.1) is 11.8 Å². The Morgan fingerprint density at radius 2 is 2.19 bits per heavy atom. The van der Waals surface area contributed by atoms with Gasteiger partial charge in [-0.1, -0.05) is 12.1 Å². The Kier molecular flexibility index (Phi) is 4.49. The SMILES string of the molecule is COc1cc(C2SCC(=O)Nc3ncn(-c4cccc(F)c4)c32)ccc1O. The summed E-state index contributed by atoms with van der Waals surface area (Å²) in [5.41, 5.74) is 2.17. The number of methoxy groups -OCH3 is 1. The Morgan fingerprint density at radius 1 is 1.33 bits per heavy atom. The first-order valence-corrected chi connectivity index (χ1v) is 9.23. The normalized spacial score (nSPS) is 16.4. The van der Waals surface area contributed by atoms with E-state index in [0.717, 1.165) is 11.3 Å². The van der Waals surface area contributed by atoms with Crippen molar-refractivity contribution >= 4 is 23.5 Å². The molecule has 1 unspecified atom stereocenters. The number of aromatic nitrogens is 2. The number of fused-ring (bicyclic) bond motifs is 1. The maximum Gasteiger partial charge on any atom is 0.235 e. The molecule has 4 rings (SSSR count). The Hall–Kier alpha value is -3.00. The molecule has 0 radical (unpaired) electrons. The third-order valence-corrected chi connectivity index (χ3v) is 5.54. The van der Waals surface area contributed by atoms with Crippen LogP contribution in [0.2, 0.25) is 0 Å². The Labute approximate surface area is 159 Å². The van der Waals surface area contributed by atoms with Crippen molar-refractivity contribution in [3.8, 4) is 17.2 Å². The van der Waals surface area contributed by atoms with E-state index in [1.807, 2.05) is 0 Å². The number of hydrogen-bond acceptors (Lipinski definition) is 5. The molecule has 0 saturated heterocycles. The number of nitrogens with zero attached hydrogens (tertiary/aromatic N) is 2. The molecule has 1 amide bonds. The van der Waals surface area contributed by atoms with Crippen LogP contribution in [0.4, 0.5) is 10.2 Å². The lowest BCUT2D eigenvalue weighted by Gasteiger charge is -2.19. The fourth-order valence-corrected chi connectivity index (χ4v) is 4.17. The first-order valence-electron chi connectivity index (χ1n) is 8.18. The van der Waals surface area contributed by atoms with Gasteiger partial charge < -0.3 is 15.2 Å². The van der Waals surface area contributed by atoms with Crippen LogP contribution in [-0.2, 0) is 4.79 Å². The van der Waals surface area contributed by atoms with Crippen LogP contribution in [0.25, 0.3) is 5.69 Å². The lowest BCUT2D eigenvalue weighted by Crippen LogP contribution is -2.12. The van der Waals surface area contributed by atoms with Crippen molar-refractivity contribution in [3.05, 3.63) is 65.9 Å². The number of carbonyl (C=O) groups excluding carboxylic acids is 1. The monoisotopic (exact) mass is 385 g/mol. The summed E-state index contributed by atoms with van der Waals surface area (Å²) in [5.74, 6) is 0.546. The number of amides is 1. The molecule has 3 aromatic rings. The number of hydrogen-bond donors (Lipinski definition) is 2. The minimum absolute atomic E-state index is 0.0351. The van der Waals surface area contributed by atoms with Gasteiger partial charge in [-0.05, 0) is 35.9 Å². The van der Waals surface area contributed by atoms with Gasteiger partial charge in [0.25, 0.3) is 0 Å². The lowest BCUT2D eigenvalue weighted by molar-refractivity contribution is -0.113. The molecule has 1 aromatic heterocycles. The number of rotatable bonds is 3. The van der Waals surface area contributed by atoms with Gasteiger partial charge in [-0.2, -0.15) is 0 Å². The highest BCUT2D eigenvalue weighted by atomic mass is 32.2. The number of benzene rings is 2. The molecule has 2 N–H and O–H groups in total. The van der Waals surface area contributed by atoms with E-state index in [-0.39, 0.29) is 28.5 Å². The van der Waals surface area contributed by atoms with Gasteiger partial charge in [0.15, 0.2) is 17.3 Å². The molecule has 6 nitrogen and oxygen atoms in total. The number of carbonyl (C=O) groups is 1. The Balaban J connectivity index is 1.88. The molecule has 27 heavy (non-hydrogen) atoms. The quantitative estimate of drug-likeness (QED) is 0.722. The van der Waals surface area contributed by atoms with Gasteiger partial charge >= 0.3 is 0 Å². The van der Waals surface area contributed by atoms with Crippen LogP contribution >= 0.6 is 11.8 Å². The highest BCUT2D eigenvalue weighted by Crippen LogP contribution is 2.43. The average Bonchev–Trinajstić information content (AvgIpc) is 2.98. The van der Waals surface area contributed by atoms with Gasteiger partial charge in [0.05, 0.1) is 23.8 Å².